The van der Waals surface area contributed by atoms with Crippen molar-refractivity contribution in [1.82, 2.24) is 20.2 Å². The molecule has 0 unspecified atom stereocenters. The summed E-state index contributed by atoms with van der Waals surface area (Å²) in [6.45, 7) is 4.44. The monoisotopic (exact) mass is 290 g/mol. The van der Waals surface area contributed by atoms with Gasteiger partial charge in [0.25, 0.3) is 5.91 Å². The van der Waals surface area contributed by atoms with Crippen molar-refractivity contribution in [3.63, 3.8) is 0 Å². The minimum absolute atomic E-state index is 0.142. The summed E-state index contributed by atoms with van der Waals surface area (Å²) in [6, 6.07) is 3.61. The van der Waals surface area contributed by atoms with E-state index in [1.165, 1.54) is 11.3 Å². The van der Waals surface area contributed by atoms with E-state index < -0.39 is 5.54 Å². The lowest BCUT2D eigenvalue weighted by molar-refractivity contribution is -0.133. The fourth-order valence-electron chi connectivity index (χ4n) is 2.23. The van der Waals surface area contributed by atoms with Gasteiger partial charge in [-0.3, -0.25) is 9.59 Å². The molecule has 6 nitrogen and oxygen atoms in total. The summed E-state index contributed by atoms with van der Waals surface area (Å²) in [5, 5.41) is 3.15. The molecule has 7 heteroatoms. The molecule has 1 aliphatic heterocycles. The molecule has 3 rings (SSSR count). The van der Waals surface area contributed by atoms with Crippen molar-refractivity contribution in [3.8, 4) is 0 Å². The number of nitrogens with one attached hydrogen (secondary N) is 1. The van der Waals surface area contributed by atoms with E-state index >= 15 is 0 Å². The maximum Gasteiger partial charge on any atom is 0.283 e. The van der Waals surface area contributed by atoms with Gasteiger partial charge in [0.05, 0.1) is 0 Å². The van der Waals surface area contributed by atoms with Crippen LogP contribution in [0, 0.1) is 0 Å². The van der Waals surface area contributed by atoms with Gasteiger partial charge in [-0.25, -0.2) is 9.97 Å². The Bertz CT molecular complexity index is 661. The smallest absolute Gasteiger partial charge is 0.283 e. The molecule has 0 saturated carbocycles. The Morgan fingerprint density at radius 2 is 2.30 bits per heavy atom. The lowest BCUT2D eigenvalue weighted by Crippen LogP contribution is -2.63. The van der Waals surface area contributed by atoms with Crippen LogP contribution in [0.4, 0.5) is 0 Å². The molecular weight excluding hydrogens is 276 g/mol. The minimum atomic E-state index is -0.860. The first-order valence-corrected chi connectivity index (χ1v) is 7.13. The number of aromatic nitrogens is 2. The quantitative estimate of drug-likeness (QED) is 0.851. The predicted molar refractivity (Wildman–Crippen MR) is 75.5 cm³/mol. The number of amides is 2. The average Bonchev–Trinajstić information content (AvgIpc) is 2.85. The average molecular weight is 290 g/mol. The van der Waals surface area contributed by atoms with Crippen LogP contribution in [0.5, 0.6) is 0 Å². The second kappa shape index (κ2) is 4.52. The van der Waals surface area contributed by atoms with E-state index in [0.29, 0.717) is 23.6 Å². The Hall–Kier alpha value is -2.02. The molecule has 0 radical (unpaired) electrons. The van der Waals surface area contributed by atoms with Crippen LogP contribution in [0.15, 0.2) is 18.3 Å². The van der Waals surface area contributed by atoms with Gasteiger partial charge in [-0.15, -0.1) is 0 Å². The van der Waals surface area contributed by atoms with E-state index in [0.717, 1.165) is 4.83 Å². The predicted octanol–water partition coefficient (Wildman–Crippen LogP) is 1.04. The lowest BCUT2D eigenvalue weighted by atomic mass is 9.99. The summed E-state index contributed by atoms with van der Waals surface area (Å²) in [7, 11) is 0. The van der Waals surface area contributed by atoms with E-state index in [4.69, 9.17) is 0 Å². The number of carbonyl (C=O) groups excluding carboxylic acids is 2. The Morgan fingerprint density at radius 1 is 1.50 bits per heavy atom. The Morgan fingerprint density at radius 3 is 3.05 bits per heavy atom. The second-order valence-corrected chi connectivity index (χ2v) is 6.10. The number of fused-ring (bicyclic) bond motifs is 1. The van der Waals surface area contributed by atoms with E-state index in [9.17, 15) is 9.59 Å². The first-order valence-electron chi connectivity index (χ1n) is 6.32. The summed E-state index contributed by atoms with van der Waals surface area (Å²) in [4.78, 5) is 35.3. The summed E-state index contributed by atoms with van der Waals surface area (Å²) in [5.41, 5.74) is -0.152. The molecule has 1 N–H and O–H groups in total. The third kappa shape index (κ3) is 1.94. The Kier molecular flexibility index (Phi) is 2.93. The van der Waals surface area contributed by atoms with Gasteiger partial charge in [0.2, 0.25) is 5.91 Å². The number of rotatable bonds is 1. The molecule has 3 heterocycles. The van der Waals surface area contributed by atoms with Gasteiger partial charge in [0, 0.05) is 19.3 Å². The largest absolute Gasteiger partial charge is 0.352 e. The fourth-order valence-corrected chi connectivity index (χ4v) is 3.09. The maximum atomic E-state index is 12.6. The Labute approximate surface area is 119 Å². The van der Waals surface area contributed by atoms with Gasteiger partial charge in [-0.2, -0.15) is 0 Å². The molecule has 1 saturated heterocycles. The first kappa shape index (κ1) is 13.0. The zero-order valence-electron chi connectivity index (χ0n) is 11.2. The minimum Gasteiger partial charge on any atom is -0.352 e. The van der Waals surface area contributed by atoms with Crippen molar-refractivity contribution in [2.75, 3.05) is 13.1 Å². The van der Waals surface area contributed by atoms with Crippen LogP contribution in [0.25, 0.3) is 10.3 Å². The van der Waals surface area contributed by atoms with Crippen molar-refractivity contribution < 1.29 is 9.59 Å². The molecule has 1 fully saturated rings. The molecule has 2 aromatic rings. The van der Waals surface area contributed by atoms with Crippen molar-refractivity contribution in [1.29, 1.82) is 0 Å². The van der Waals surface area contributed by atoms with E-state index in [1.54, 1.807) is 31.0 Å². The Balaban J connectivity index is 1.97. The van der Waals surface area contributed by atoms with E-state index in [1.807, 2.05) is 6.07 Å². The highest BCUT2D eigenvalue weighted by molar-refractivity contribution is 7.19. The molecule has 2 aromatic heterocycles. The van der Waals surface area contributed by atoms with Gasteiger partial charge in [0.15, 0.2) is 5.01 Å². The van der Waals surface area contributed by atoms with Crippen LogP contribution in [-0.2, 0) is 4.79 Å². The van der Waals surface area contributed by atoms with Crippen molar-refractivity contribution in [2.24, 2.45) is 0 Å². The van der Waals surface area contributed by atoms with Crippen LogP contribution in [0.3, 0.4) is 0 Å². The number of pyridine rings is 1. The van der Waals surface area contributed by atoms with Crippen molar-refractivity contribution in [2.45, 2.75) is 19.4 Å². The molecule has 20 heavy (non-hydrogen) atoms. The number of nitrogens with zero attached hydrogens (tertiary/aromatic N) is 3. The number of hydrogen-bond donors (Lipinski definition) is 1. The molecule has 104 valence electrons. The standard InChI is InChI=1S/C13H14N4O2S/c1-13(2)12(19)15-6-7-17(13)11(18)10-16-8-4-3-5-14-9(8)20-10/h3-5H,6-7H2,1-2H3,(H,15,19). The number of thiazole rings is 1. The molecule has 0 atom stereocenters. The van der Waals surface area contributed by atoms with Gasteiger partial charge in [-0.05, 0) is 26.0 Å². The summed E-state index contributed by atoms with van der Waals surface area (Å²) in [5.74, 6) is -0.357. The summed E-state index contributed by atoms with van der Waals surface area (Å²) in [6.07, 6.45) is 1.67. The van der Waals surface area contributed by atoms with Crippen LogP contribution >= 0.6 is 11.3 Å². The third-order valence-corrected chi connectivity index (χ3v) is 4.41. The zero-order chi connectivity index (χ0) is 14.3. The van der Waals surface area contributed by atoms with Crippen molar-refractivity contribution >= 4 is 33.5 Å². The fraction of sp³-hybridized carbons (Fsp3) is 0.385. The van der Waals surface area contributed by atoms with Crippen LogP contribution < -0.4 is 5.32 Å². The SMILES string of the molecule is CC1(C)C(=O)NCCN1C(=O)c1nc2cccnc2s1. The molecule has 0 spiro atoms. The van der Waals surface area contributed by atoms with Crippen molar-refractivity contribution in [3.05, 3.63) is 23.3 Å². The van der Waals surface area contributed by atoms with E-state index in [2.05, 4.69) is 15.3 Å². The molecule has 0 bridgehead atoms. The number of carbonyl (C=O) groups is 2. The van der Waals surface area contributed by atoms with Gasteiger partial charge in [0.1, 0.15) is 15.9 Å². The zero-order valence-corrected chi connectivity index (χ0v) is 12.0. The molecule has 0 aliphatic carbocycles. The molecule has 0 aromatic carbocycles. The maximum absolute atomic E-state index is 12.6. The lowest BCUT2D eigenvalue weighted by Gasteiger charge is -2.40. The highest BCUT2D eigenvalue weighted by atomic mass is 32.1. The normalized spacial score (nSPS) is 18.1. The molecule has 2 amide bonds. The highest BCUT2D eigenvalue weighted by Gasteiger charge is 2.41. The van der Waals surface area contributed by atoms with Crippen LogP contribution in [0.1, 0.15) is 23.6 Å². The van der Waals surface area contributed by atoms with Crippen LogP contribution in [-0.4, -0.2) is 45.3 Å². The van der Waals surface area contributed by atoms with Gasteiger partial charge >= 0.3 is 0 Å². The molecule has 1 aliphatic rings. The summed E-state index contributed by atoms with van der Waals surface area (Å²) >= 11 is 1.26. The van der Waals surface area contributed by atoms with Gasteiger partial charge in [-0.1, -0.05) is 11.3 Å². The van der Waals surface area contributed by atoms with Gasteiger partial charge < -0.3 is 10.2 Å². The first-order chi connectivity index (χ1) is 9.50. The topological polar surface area (TPSA) is 75.2 Å². The highest BCUT2D eigenvalue weighted by Crippen LogP contribution is 2.25. The number of piperazine rings is 1. The second-order valence-electron chi connectivity index (χ2n) is 5.12. The van der Waals surface area contributed by atoms with E-state index in [-0.39, 0.29) is 11.8 Å². The third-order valence-electron chi connectivity index (χ3n) is 3.45. The molecular formula is C13H14N4O2S. The van der Waals surface area contributed by atoms with Crippen LogP contribution in [0.2, 0.25) is 0 Å². The summed E-state index contributed by atoms with van der Waals surface area (Å²) < 4.78 is 0. The number of hydrogen-bond acceptors (Lipinski definition) is 5.